The van der Waals surface area contributed by atoms with Gasteiger partial charge in [-0.3, -0.25) is 9.78 Å². The van der Waals surface area contributed by atoms with Crippen LogP contribution in [0.3, 0.4) is 0 Å². The van der Waals surface area contributed by atoms with Crippen molar-refractivity contribution < 1.29 is 9.18 Å². The van der Waals surface area contributed by atoms with E-state index in [4.69, 9.17) is 0 Å². The van der Waals surface area contributed by atoms with E-state index in [9.17, 15) is 9.18 Å². The van der Waals surface area contributed by atoms with E-state index in [1.165, 1.54) is 6.07 Å². The van der Waals surface area contributed by atoms with Crippen molar-refractivity contribution in [2.75, 3.05) is 33.2 Å². The van der Waals surface area contributed by atoms with E-state index in [0.717, 1.165) is 63.0 Å². The minimum atomic E-state index is -0.115. The molecule has 1 amide bonds. The van der Waals surface area contributed by atoms with Crippen molar-refractivity contribution in [2.24, 2.45) is 5.92 Å². The minimum Gasteiger partial charge on any atom is -0.345 e. The van der Waals surface area contributed by atoms with Crippen molar-refractivity contribution in [2.45, 2.75) is 32.1 Å². The number of likely N-dealkylation sites (tertiary alicyclic amines) is 1. The maximum atomic E-state index is 13.8. The predicted molar refractivity (Wildman–Crippen MR) is 109 cm³/mol. The van der Waals surface area contributed by atoms with Crippen molar-refractivity contribution in [3.8, 4) is 0 Å². The molecule has 1 aromatic heterocycles. The normalized spacial score (nSPS) is 17.4. The van der Waals surface area contributed by atoms with Crippen LogP contribution in [0.15, 0.2) is 48.8 Å². The Morgan fingerprint density at radius 2 is 2.00 bits per heavy atom. The largest absolute Gasteiger partial charge is 0.345 e. The van der Waals surface area contributed by atoms with Crippen LogP contribution in [0, 0.1) is 11.7 Å². The van der Waals surface area contributed by atoms with Crippen LogP contribution < -0.4 is 0 Å². The summed E-state index contributed by atoms with van der Waals surface area (Å²) in [4.78, 5) is 20.8. The Morgan fingerprint density at radius 3 is 2.79 bits per heavy atom. The molecule has 3 rings (SSSR count). The zero-order chi connectivity index (χ0) is 19.8. The van der Waals surface area contributed by atoms with Crippen LogP contribution >= 0.6 is 0 Å². The number of hydrogen-bond acceptors (Lipinski definition) is 3. The molecule has 28 heavy (non-hydrogen) atoms. The van der Waals surface area contributed by atoms with E-state index in [0.29, 0.717) is 12.3 Å². The Labute approximate surface area is 167 Å². The first kappa shape index (κ1) is 20.5. The van der Waals surface area contributed by atoms with Gasteiger partial charge in [0.25, 0.3) is 0 Å². The lowest BCUT2D eigenvalue weighted by Gasteiger charge is -2.34. The van der Waals surface area contributed by atoms with E-state index in [2.05, 4.69) is 9.88 Å². The fraction of sp³-hybridized carbons (Fsp3) is 0.478. The highest BCUT2D eigenvalue weighted by molar-refractivity contribution is 5.76. The number of pyridine rings is 1. The molecule has 1 aromatic carbocycles. The molecule has 5 heteroatoms. The first-order valence-electron chi connectivity index (χ1n) is 10.2. The van der Waals surface area contributed by atoms with Gasteiger partial charge in [0.15, 0.2) is 0 Å². The molecule has 1 unspecified atom stereocenters. The van der Waals surface area contributed by atoms with Crippen LogP contribution in [0.2, 0.25) is 0 Å². The molecule has 2 heterocycles. The van der Waals surface area contributed by atoms with Crippen LogP contribution in [0.5, 0.6) is 0 Å². The van der Waals surface area contributed by atoms with Gasteiger partial charge >= 0.3 is 0 Å². The van der Waals surface area contributed by atoms with Gasteiger partial charge in [-0.25, -0.2) is 4.39 Å². The highest BCUT2D eigenvalue weighted by Gasteiger charge is 2.22. The fourth-order valence-corrected chi connectivity index (χ4v) is 3.96. The quantitative estimate of drug-likeness (QED) is 0.699. The lowest BCUT2D eigenvalue weighted by molar-refractivity contribution is -0.130. The van der Waals surface area contributed by atoms with Crippen molar-refractivity contribution in [3.05, 3.63) is 65.7 Å². The van der Waals surface area contributed by atoms with Crippen molar-refractivity contribution in [3.63, 3.8) is 0 Å². The third kappa shape index (κ3) is 6.13. The van der Waals surface area contributed by atoms with Gasteiger partial charge in [0.1, 0.15) is 5.82 Å². The van der Waals surface area contributed by atoms with E-state index in [1.54, 1.807) is 18.5 Å². The maximum Gasteiger partial charge on any atom is 0.222 e. The summed E-state index contributed by atoms with van der Waals surface area (Å²) in [6.45, 7) is 3.71. The first-order valence-corrected chi connectivity index (χ1v) is 10.2. The molecule has 1 aliphatic rings. The molecule has 1 fully saturated rings. The highest BCUT2D eigenvalue weighted by Crippen LogP contribution is 2.19. The third-order valence-corrected chi connectivity index (χ3v) is 5.59. The standard InChI is InChI=1S/C23H30FN3O/c1-26(23(28)9-8-19-10-13-25-14-11-19)17-20-5-4-15-27(18-20)16-12-21-6-2-3-7-22(21)24/h2-3,6-7,10-11,13-14,20H,4-5,8-9,12,15-18H2,1H3. The number of piperidine rings is 1. The molecule has 1 saturated heterocycles. The number of hydrogen-bond donors (Lipinski definition) is 0. The number of aryl methyl sites for hydroxylation is 1. The van der Waals surface area contributed by atoms with Crippen molar-refractivity contribution in [1.82, 2.24) is 14.8 Å². The minimum absolute atomic E-state index is 0.115. The number of aromatic nitrogens is 1. The Balaban J connectivity index is 1.42. The van der Waals surface area contributed by atoms with Gasteiger partial charge in [0, 0.05) is 45.5 Å². The molecule has 2 aromatic rings. The molecule has 0 N–H and O–H groups in total. The van der Waals surface area contributed by atoms with Gasteiger partial charge in [-0.1, -0.05) is 18.2 Å². The number of benzene rings is 1. The summed E-state index contributed by atoms with van der Waals surface area (Å²) in [6.07, 6.45) is 7.84. The number of carbonyl (C=O) groups excluding carboxylic acids is 1. The number of carbonyl (C=O) groups is 1. The van der Waals surface area contributed by atoms with E-state index in [1.807, 2.05) is 36.2 Å². The van der Waals surface area contributed by atoms with Gasteiger partial charge in [-0.2, -0.15) is 0 Å². The van der Waals surface area contributed by atoms with Crippen LogP contribution in [-0.4, -0.2) is 53.9 Å². The molecule has 150 valence electrons. The molecule has 0 spiro atoms. The molecule has 0 aliphatic carbocycles. The van der Waals surface area contributed by atoms with E-state index < -0.39 is 0 Å². The van der Waals surface area contributed by atoms with E-state index >= 15 is 0 Å². The zero-order valence-corrected chi connectivity index (χ0v) is 16.7. The Hall–Kier alpha value is -2.27. The van der Waals surface area contributed by atoms with E-state index in [-0.39, 0.29) is 11.7 Å². The van der Waals surface area contributed by atoms with Crippen molar-refractivity contribution in [1.29, 1.82) is 0 Å². The lowest BCUT2D eigenvalue weighted by Crippen LogP contribution is -2.42. The smallest absolute Gasteiger partial charge is 0.222 e. The Bertz CT molecular complexity index is 753. The summed E-state index contributed by atoms with van der Waals surface area (Å²) < 4.78 is 13.8. The number of nitrogens with zero attached hydrogens (tertiary/aromatic N) is 3. The fourth-order valence-electron chi connectivity index (χ4n) is 3.96. The topological polar surface area (TPSA) is 36.4 Å². The summed E-state index contributed by atoms with van der Waals surface area (Å²) in [5.74, 6) is 0.570. The SMILES string of the molecule is CN(CC1CCCN(CCc2ccccc2F)C1)C(=O)CCc1ccncc1. The van der Waals surface area contributed by atoms with Crippen LogP contribution in [0.4, 0.5) is 4.39 Å². The summed E-state index contributed by atoms with van der Waals surface area (Å²) in [7, 11) is 1.91. The van der Waals surface area contributed by atoms with Gasteiger partial charge in [-0.15, -0.1) is 0 Å². The average molecular weight is 384 g/mol. The van der Waals surface area contributed by atoms with Gasteiger partial charge in [0.05, 0.1) is 0 Å². The molecule has 0 bridgehead atoms. The molecule has 4 nitrogen and oxygen atoms in total. The number of amides is 1. The lowest BCUT2D eigenvalue weighted by atomic mass is 9.96. The Morgan fingerprint density at radius 1 is 1.21 bits per heavy atom. The van der Waals surface area contributed by atoms with Gasteiger partial charge < -0.3 is 9.80 Å². The summed E-state index contributed by atoms with van der Waals surface area (Å²) in [6, 6.07) is 10.9. The third-order valence-electron chi connectivity index (χ3n) is 5.59. The summed E-state index contributed by atoms with van der Waals surface area (Å²) in [5, 5.41) is 0. The number of halogens is 1. The molecule has 1 aliphatic heterocycles. The average Bonchev–Trinajstić information content (AvgIpc) is 2.72. The van der Waals surface area contributed by atoms with Gasteiger partial charge in [-0.05, 0) is 67.5 Å². The van der Waals surface area contributed by atoms with Crippen LogP contribution in [-0.2, 0) is 17.6 Å². The first-order chi connectivity index (χ1) is 13.6. The second-order valence-electron chi connectivity index (χ2n) is 7.78. The second kappa shape index (κ2) is 10.3. The summed E-state index contributed by atoms with van der Waals surface area (Å²) >= 11 is 0. The number of rotatable bonds is 8. The highest BCUT2D eigenvalue weighted by atomic mass is 19.1. The van der Waals surface area contributed by atoms with Crippen LogP contribution in [0.1, 0.15) is 30.4 Å². The maximum absolute atomic E-state index is 13.8. The van der Waals surface area contributed by atoms with Crippen molar-refractivity contribution >= 4 is 5.91 Å². The molecular formula is C23H30FN3O. The summed E-state index contributed by atoms with van der Waals surface area (Å²) in [5.41, 5.74) is 1.93. The van der Waals surface area contributed by atoms with Crippen LogP contribution in [0.25, 0.3) is 0 Å². The predicted octanol–water partition coefficient (Wildman–Crippen LogP) is 3.57. The molecule has 0 saturated carbocycles. The molecule has 1 atom stereocenters. The zero-order valence-electron chi connectivity index (χ0n) is 16.7. The monoisotopic (exact) mass is 383 g/mol. The van der Waals surface area contributed by atoms with Gasteiger partial charge in [0.2, 0.25) is 5.91 Å². The second-order valence-corrected chi connectivity index (χ2v) is 7.78. The molecular weight excluding hydrogens is 353 g/mol. The molecule has 0 radical (unpaired) electrons. The Kier molecular flexibility index (Phi) is 7.54.